The number of rotatable bonds is 8. The van der Waals surface area contributed by atoms with Gasteiger partial charge in [-0.05, 0) is 44.9 Å². The van der Waals surface area contributed by atoms with E-state index in [1.165, 1.54) is 25.3 Å². The molecule has 0 saturated heterocycles. The third-order valence-electron chi connectivity index (χ3n) is 3.36. The Morgan fingerprint density at radius 2 is 2.00 bits per heavy atom. The molecular formula is C19H26FNO5. The first-order valence-corrected chi connectivity index (χ1v) is 8.46. The lowest BCUT2D eigenvalue weighted by Crippen LogP contribution is -2.31. The van der Waals surface area contributed by atoms with Gasteiger partial charge in [0.15, 0.2) is 5.82 Å². The number of carbonyl (C=O) groups is 2. The quantitative estimate of drug-likeness (QED) is 0.543. The Hall–Kier alpha value is -2.57. The number of ether oxygens (including phenoxy) is 3. The Morgan fingerprint density at radius 1 is 1.31 bits per heavy atom. The van der Waals surface area contributed by atoms with Crippen molar-refractivity contribution in [3.05, 3.63) is 35.7 Å². The number of allylic oxidation sites excluding steroid dienone is 1. The predicted molar refractivity (Wildman–Crippen MR) is 96.7 cm³/mol. The number of methoxy groups -OCH3 is 1. The Bertz CT molecular complexity index is 657. The van der Waals surface area contributed by atoms with Gasteiger partial charge in [-0.25, -0.2) is 14.0 Å². The first-order valence-electron chi connectivity index (χ1n) is 8.46. The Labute approximate surface area is 153 Å². The van der Waals surface area contributed by atoms with E-state index in [2.05, 4.69) is 10.1 Å². The molecule has 0 saturated carbocycles. The molecule has 6 nitrogen and oxygen atoms in total. The van der Waals surface area contributed by atoms with Crippen molar-refractivity contribution in [1.82, 2.24) is 0 Å². The van der Waals surface area contributed by atoms with Gasteiger partial charge < -0.3 is 14.2 Å². The van der Waals surface area contributed by atoms with Gasteiger partial charge in [0.05, 0.1) is 18.9 Å². The van der Waals surface area contributed by atoms with Gasteiger partial charge in [-0.1, -0.05) is 19.4 Å². The van der Waals surface area contributed by atoms with Crippen molar-refractivity contribution < 1.29 is 28.2 Å². The zero-order valence-corrected chi connectivity index (χ0v) is 15.8. The number of amides is 1. The third-order valence-corrected chi connectivity index (χ3v) is 3.36. The van der Waals surface area contributed by atoms with Crippen molar-refractivity contribution in [1.29, 1.82) is 0 Å². The number of esters is 1. The Kier molecular flexibility index (Phi) is 8.61. The number of unbranched alkanes of at least 4 members (excludes halogenated alkanes) is 1. The van der Waals surface area contributed by atoms with E-state index < -0.39 is 24.0 Å². The van der Waals surface area contributed by atoms with Crippen molar-refractivity contribution in [3.63, 3.8) is 0 Å². The van der Waals surface area contributed by atoms with Crippen LogP contribution in [0.5, 0.6) is 5.75 Å². The minimum atomic E-state index is -1.18. The van der Waals surface area contributed by atoms with Gasteiger partial charge in [0, 0.05) is 6.07 Å². The predicted octanol–water partition coefficient (Wildman–Crippen LogP) is 4.45. The monoisotopic (exact) mass is 367 g/mol. The largest absolute Gasteiger partial charge is 0.491 e. The fourth-order valence-corrected chi connectivity index (χ4v) is 2.10. The minimum absolute atomic E-state index is 0.0788. The lowest BCUT2D eigenvalue weighted by Gasteiger charge is -2.17. The Morgan fingerprint density at radius 3 is 2.54 bits per heavy atom. The maximum atomic E-state index is 14.1. The van der Waals surface area contributed by atoms with Crippen LogP contribution in [-0.2, 0) is 14.3 Å². The third kappa shape index (κ3) is 6.74. The highest BCUT2D eigenvalue weighted by Gasteiger charge is 2.26. The fourth-order valence-electron chi connectivity index (χ4n) is 2.10. The van der Waals surface area contributed by atoms with E-state index in [-0.39, 0.29) is 11.8 Å². The summed E-state index contributed by atoms with van der Waals surface area (Å²) in [5.74, 6) is -1.03. The van der Waals surface area contributed by atoms with Crippen LogP contribution in [0.25, 0.3) is 0 Å². The standard InChI is InChI=1S/C19H26FNO5/c1-6-7-8-13(4)17(18(22)24-5)26-19(23)21-16-10-9-14(11-15(16)20)25-12(2)3/h8-12,17H,6-7H2,1-5H3,(H,21,23)/b13-8+. The molecule has 7 heteroatoms. The van der Waals surface area contributed by atoms with Crippen molar-refractivity contribution in [3.8, 4) is 5.75 Å². The summed E-state index contributed by atoms with van der Waals surface area (Å²) >= 11 is 0. The van der Waals surface area contributed by atoms with Gasteiger partial charge in [-0.15, -0.1) is 0 Å². The molecule has 0 aliphatic heterocycles. The van der Waals surface area contributed by atoms with Crippen LogP contribution in [0.4, 0.5) is 14.9 Å². The maximum Gasteiger partial charge on any atom is 0.412 e. The van der Waals surface area contributed by atoms with E-state index in [0.29, 0.717) is 11.3 Å². The van der Waals surface area contributed by atoms with Crippen LogP contribution in [0.3, 0.4) is 0 Å². The lowest BCUT2D eigenvalue weighted by molar-refractivity contribution is -0.148. The van der Waals surface area contributed by atoms with Crippen molar-refractivity contribution >= 4 is 17.7 Å². The molecule has 144 valence electrons. The van der Waals surface area contributed by atoms with Gasteiger partial charge in [-0.3, -0.25) is 5.32 Å². The molecular weight excluding hydrogens is 341 g/mol. The molecule has 26 heavy (non-hydrogen) atoms. The molecule has 1 amide bonds. The summed E-state index contributed by atoms with van der Waals surface area (Å²) < 4.78 is 29.3. The molecule has 0 aromatic heterocycles. The van der Waals surface area contributed by atoms with Gasteiger partial charge in [0.1, 0.15) is 5.75 Å². The first kappa shape index (κ1) is 21.5. The van der Waals surface area contributed by atoms with Crippen molar-refractivity contribution in [2.75, 3.05) is 12.4 Å². The first-order chi connectivity index (χ1) is 12.3. The van der Waals surface area contributed by atoms with E-state index in [1.807, 2.05) is 20.8 Å². The summed E-state index contributed by atoms with van der Waals surface area (Å²) in [4.78, 5) is 23.9. The van der Waals surface area contributed by atoms with E-state index >= 15 is 0 Å². The van der Waals surface area contributed by atoms with Crippen LogP contribution in [-0.4, -0.2) is 31.4 Å². The molecule has 1 atom stereocenters. The van der Waals surface area contributed by atoms with Gasteiger partial charge in [0.25, 0.3) is 0 Å². The second kappa shape index (κ2) is 10.4. The van der Waals surface area contributed by atoms with Crippen LogP contribution in [0.1, 0.15) is 40.5 Å². The van der Waals surface area contributed by atoms with Crippen molar-refractivity contribution in [2.45, 2.75) is 52.7 Å². The summed E-state index contributed by atoms with van der Waals surface area (Å²) in [7, 11) is 1.21. The van der Waals surface area contributed by atoms with E-state index in [9.17, 15) is 14.0 Å². The second-order valence-electron chi connectivity index (χ2n) is 5.98. The summed E-state index contributed by atoms with van der Waals surface area (Å²) in [6, 6.07) is 4.06. The fraction of sp³-hybridized carbons (Fsp3) is 0.474. The summed E-state index contributed by atoms with van der Waals surface area (Å²) in [5.41, 5.74) is 0.472. The highest BCUT2D eigenvalue weighted by atomic mass is 19.1. The number of anilines is 1. The maximum absolute atomic E-state index is 14.1. The summed E-state index contributed by atoms with van der Waals surface area (Å²) in [6.45, 7) is 7.30. The molecule has 1 rings (SSSR count). The summed E-state index contributed by atoms with van der Waals surface area (Å²) in [6.07, 6.45) is 1.17. The molecule has 0 aliphatic carbocycles. The lowest BCUT2D eigenvalue weighted by atomic mass is 10.1. The zero-order valence-electron chi connectivity index (χ0n) is 15.8. The highest BCUT2D eigenvalue weighted by molar-refractivity contribution is 5.88. The van der Waals surface area contributed by atoms with Crippen LogP contribution < -0.4 is 10.1 Å². The smallest absolute Gasteiger partial charge is 0.412 e. The van der Waals surface area contributed by atoms with Crippen LogP contribution in [0.2, 0.25) is 0 Å². The summed E-state index contributed by atoms with van der Waals surface area (Å²) in [5, 5.41) is 2.28. The van der Waals surface area contributed by atoms with Gasteiger partial charge >= 0.3 is 12.1 Å². The molecule has 1 unspecified atom stereocenters. The topological polar surface area (TPSA) is 73.9 Å². The van der Waals surface area contributed by atoms with Gasteiger partial charge in [-0.2, -0.15) is 0 Å². The normalized spacial score (nSPS) is 12.5. The molecule has 0 aliphatic rings. The molecule has 0 radical (unpaired) electrons. The zero-order chi connectivity index (χ0) is 19.7. The molecule has 1 aromatic carbocycles. The molecule has 0 heterocycles. The number of hydrogen-bond acceptors (Lipinski definition) is 5. The van der Waals surface area contributed by atoms with E-state index in [0.717, 1.165) is 12.8 Å². The van der Waals surface area contributed by atoms with Crippen LogP contribution in [0, 0.1) is 5.82 Å². The average molecular weight is 367 g/mol. The average Bonchev–Trinajstić information content (AvgIpc) is 2.58. The van der Waals surface area contributed by atoms with E-state index in [4.69, 9.17) is 9.47 Å². The van der Waals surface area contributed by atoms with E-state index in [1.54, 1.807) is 13.0 Å². The number of benzene rings is 1. The van der Waals surface area contributed by atoms with Crippen LogP contribution >= 0.6 is 0 Å². The van der Waals surface area contributed by atoms with Crippen molar-refractivity contribution in [2.24, 2.45) is 0 Å². The number of carbonyl (C=O) groups excluding carboxylic acids is 2. The molecule has 1 aromatic rings. The number of halogens is 1. The highest BCUT2D eigenvalue weighted by Crippen LogP contribution is 2.22. The Balaban J connectivity index is 2.83. The second-order valence-corrected chi connectivity index (χ2v) is 5.98. The molecule has 1 N–H and O–H groups in total. The number of hydrogen-bond donors (Lipinski definition) is 1. The molecule has 0 fully saturated rings. The number of nitrogens with one attached hydrogen (secondary N) is 1. The molecule has 0 spiro atoms. The SMILES string of the molecule is CCC/C=C(\C)C(OC(=O)Nc1ccc(OC(C)C)cc1F)C(=O)OC. The van der Waals surface area contributed by atoms with Crippen LogP contribution in [0.15, 0.2) is 29.8 Å². The minimum Gasteiger partial charge on any atom is -0.491 e. The van der Waals surface area contributed by atoms with Gasteiger partial charge in [0.2, 0.25) is 6.10 Å². The molecule has 0 bridgehead atoms.